The van der Waals surface area contributed by atoms with Crippen LogP contribution in [0.2, 0.25) is 0 Å². The van der Waals surface area contributed by atoms with E-state index in [1.165, 1.54) is 0 Å². The molecule has 3 rings (SSSR count). The third-order valence-electron chi connectivity index (χ3n) is 4.42. The number of nitrogens with zero attached hydrogens (tertiary/aromatic N) is 2. The molecule has 0 aliphatic heterocycles. The van der Waals surface area contributed by atoms with Crippen molar-refractivity contribution in [3.63, 3.8) is 0 Å². The molecule has 0 unspecified atom stereocenters. The lowest BCUT2D eigenvalue weighted by Gasteiger charge is -2.12. The quantitative estimate of drug-likeness (QED) is 0.699. The predicted octanol–water partition coefficient (Wildman–Crippen LogP) is 4.02. The number of carbonyl (C=O) groups excluding carboxylic acids is 1. The Labute approximate surface area is 154 Å². The number of carbonyl (C=O) groups is 1. The van der Waals surface area contributed by atoms with Crippen LogP contribution in [0.15, 0.2) is 48.5 Å². The lowest BCUT2D eigenvalue weighted by atomic mass is 10.1. The van der Waals surface area contributed by atoms with Crippen LogP contribution in [-0.2, 0) is 13.1 Å². The summed E-state index contributed by atoms with van der Waals surface area (Å²) in [7, 11) is 1.61. The summed E-state index contributed by atoms with van der Waals surface area (Å²) in [5.41, 5.74) is 2.68. The Balaban J connectivity index is 1.76. The molecule has 3 aromatic rings. The zero-order valence-electron chi connectivity index (χ0n) is 15.5. The minimum absolute atomic E-state index is 0.116. The molecule has 0 aliphatic carbocycles. The Hall–Kier alpha value is -2.82. The standard InChI is InChI=1S/C21H25N3O2/c1-15(2)12-13-24-19-7-5-4-6-18(19)23-20(24)14-22-21(25)16-8-10-17(26-3)11-9-16/h4-11,15H,12-14H2,1-3H3,(H,22,25). The zero-order valence-corrected chi connectivity index (χ0v) is 15.5. The van der Waals surface area contributed by atoms with Gasteiger partial charge in [0.15, 0.2) is 0 Å². The summed E-state index contributed by atoms with van der Waals surface area (Å²) < 4.78 is 7.34. The van der Waals surface area contributed by atoms with Crippen molar-refractivity contribution in [3.8, 4) is 5.75 Å². The Morgan fingerprint density at radius 1 is 1.15 bits per heavy atom. The van der Waals surface area contributed by atoms with Crippen molar-refractivity contribution in [2.75, 3.05) is 7.11 Å². The Morgan fingerprint density at radius 2 is 1.88 bits per heavy atom. The lowest BCUT2D eigenvalue weighted by molar-refractivity contribution is 0.0949. The molecule has 0 saturated heterocycles. The van der Waals surface area contributed by atoms with Crippen molar-refractivity contribution in [1.82, 2.24) is 14.9 Å². The molecular weight excluding hydrogens is 326 g/mol. The van der Waals surface area contributed by atoms with Crippen LogP contribution in [0.1, 0.15) is 36.5 Å². The number of fused-ring (bicyclic) bond motifs is 1. The fraction of sp³-hybridized carbons (Fsp3) is 0.333. The number of hydrogen-bond donors (Lipinski definition) is 1. The average Bonchev–Trinajstić information content (AvgIpc) is 3.02. The molecule has 136 valence electrons. The number of aromatic nitrogens is 2. The van der Waals surface area contributed by atoms with Gasteiger partial charge in [-0.1, -0.05) is 26.0 Å². The molecule has 0 radical (unpaired) electrons. The average molecular weight is 351 g/mol. The van der Waals surface area contributed by atoms with Crippen LogP contribution in [0, 0.1) is 5.92 Å². The van der Waals surface area contributed by atoms with Gasteiger partial charge < -0.3 is 14.6 Å². The van der Waals surface area contributed by atoms with E-state index in [-0.39, 0.29) is 5.91 Å². The molecule has 1 amide bonds. The van der Waals surface area contributed by atoms with Crippen LogP contribution >= 0.6 is 0 Å². The van der Waals surface area contributed by atoms with Gasteiger partial charge >= 0.3 is 0 Å². The molecule has 5 heteroatoms. The molecule has 1 heterocycles. The Kier molecular flexibility index (Phi) is 5.56. The fourth-order valence-electron chi connectivity index (χ4n) is 2.90. The maximum absolute atomic E-state index is 12.4. The molecule has 0 aliphatic rings. The van der Waals surface area contributed by atoms with E-state index in [4.69, 9.17) is 9.72 Å². The molecule has 0 spiro atoms. The number of nitrogens with one attached hydrogen (secondary N) is 1. The first-order chi connectivity index (χ1) is 12.6. The van der Waals surface area contributed by atoms with Crippen molar-refractivity contribution in [2.45, 2.75) is 33.4 Å². The van der Waals surface area contributed by atoms with E-state index in [9.17, 15) is 4.79 Å². The third kappa shape index (κ3) is 4.04. The van der Waals surface area contributed by atoms with Gasteiger partial charge in [-0.15, -0.1) is 0 Å². The number of aryl methyl sites for hydroxylation is 1. The number of rotatable bonds is 7. The van der Waals surface area contributed by atoms with Gasteiger partial charge in [-0.05, 0) is 48.7 Å². The van der Waals surface area contributed by atoms with Gasteiger partial charge in [-0.2, -0.15) is 0 Å². The number of amides is 1. The maximum Gasteiger partial charge on any atom is 0.251 e. The highest BCUT2D eigenvalue weighted by Gasteiger charge is 2.13. The summed E-state index contributed by atoms with van der Waals surface area (Å²) in [5.74, 6) is 2.11. The van der Waals surface area contributed by atoms with Gasteiger partial charge in [0.2, 0.25) is 0 Å². The topological polar surface area (TPSA) is 56.1 Å². The van der Waals surface area contributed by atoms with Gasteiger partial charge in [0.25, 0.3) is 5.91 Å². The summed E-state index contributed by atoms with van der Waals surface area (Å²) in [6, 6.07) is 15.2. The minimum Gasteiger partial charge on any atom is -0.497 e. The van der Waals surface area contributed by atoms with Gasteiger partial charge in [0, 0.05) is 12.1 Å². The second-order valence-corrected chi connectivity index (χ2v) is 6.76. The molecular formula is C21H25N3O2. The van der Waals surface area contributed by atoms with Crippen molar-refractivity contribution >= 4 is 16.9 Å². The van der Waals surface area contributed by atoms with Crippen molar-refractivity contribution in [1.29, 1.82) is 0 Å². The number of benzene rings is 2. The Morgan fingerprint density at radius 3 is 2.58 bits per heavy atom. The lowest BCUT2D eigenvalue weighted by Crippen LogP contribution is -2.24. The van der Waals surface area contributed by atoms with Crippen LogP contribution in [-0.4, -0.2) is 22.6 Å². The SMILES string of the molecule is COc1ccc(C(=O)NCc2nc3ccccc3n2CCC(C)C)cc1. The van der Waals surface area contributed by atoms with Gasteiger partial charge in [0.05, 0.1) is 24.7 Å². The molecule has 0 atom stereocenters. The zero-order chi connectivity index (χ0) is 18.5. The number of ether oxygens (including phenoxy) is 1. The monoisotopic (exact) mass is 351 g/mol. The first-order valence-corrected chi connectivity index (χ1v) is 8.95. The molecule has 0 saturated carbocycles. The van der Waals surface area contributed by atoms with Gasteiger partial charge in [-0.25, -0.2) is 4.98 Å². The smallest absolute Gasteiger partial charge is 0.251 e. The van der Waals surface area contributed by atoms with Crippen molar-refractivity contribution in [3.05, 3.63) is 59.9 Å². The Bertz CT molecular complexity index is 882. The van der Waals surface area contributed by atoms with E-state index in [0.29, 0.717) is 18.0 Å². The first-order valence-electron chi connectivity index (χ1n) is 8.95. The van der Waals surface area contributed by atoms with Gasteiger partial charge in [-0.3, -0.25) is 4.79 Å². The van der Waals surface area contributed by atoms with Crippen molar-refractivity contribution in [2.24, 2.45) is 5.92 Å². The van der Waals surface area contributed by atoms with Crippen LogP contribution < -0.4 is 10.1 Å². The number of para-hydroxylation sites is 2. The fourth-order valence-corrected chi connectivity index (χ4v) is 2.90. The molecule has 1 aromatic heterocycles. The summed E-state index contributed by atoms with van der Waals surface area (Å²) >= 11 is 0. The summed E-state index contributed by atoms with van der Waals surface area (Å²) in [5, 5.41) is 2.98. The second kappa shape index (κ2) is 8.04. The maximum atomic E-state index is 12.4. The molecule has 0 bridgehead atoms. The van der Waals surface area contributed by atoms with E-state index in [1.54, 1.807) is 31.4 Å². The van der Waals surface area contributed by atoms with E-state index >= 15 is 0 Å². The highest BCUT2D eigenvalue weighted by molar-refractivity contribution is 5.94. The first kappa shape index (κ1) is 18.0. The number of imidazole rings is 1. The van der Waals surface area contributed by atoms with Gasteiger partial charge in [0.1, 0.15) is 11.6 Å². The molecule has 0 fully saturated rings. The van der Waals surface area contributed by atoms with E-state index in [2.05, 4.69) is 29.8 Å². The van der Waals surface area contributed by atoms with Crippen LogP contribution in [0.5, 0.6) is 5.75 Å². The van der Waals surface area contributed by atoms with Crippen LogP contribution in [0.4, 0.5) is 0 Å². The van der Waals surface area contributed by atoms with E-state index in [0.717, 1.165) is 35.6 Å². The molecule has 1 N–H and O–H groups in total. The predicted molar refractivity (Wildman–Crippen MR) is 103 cm³/mol. The minimum atomic E-state index is -0.116. The summed E-state index contributed by atoms with van der Waals surface area (Å²) in [6.07, 6.45) is 1.07. The molecule has 26 heavy (non-hydrogen) atoms. The highest BCUT2D eigenvalue weighted by Crippen LogP contribution is 2.18. The summed E-state index contributed by atoms with van der Waals surface area (Å²) in [6.45, 7) is 5.72. The second-order valence-electron chi connectivity index (χ2n) is 6.76. The summed E-state index contributed by atoms with van der Waals surface area (Å²) in [4.78, 5) is 17.1. The third-order valence-corrected chi connectivity index (χ3v) is 4.42. The normalized spacial score (nSPS) is 11.1. The van der Waals surface area contributed by atoms with Crippen LogP contribution in [0.3, 0.4) is 0 Å². The van der Waals surface area contributed by atoms with Crippen molar-refractivity contribution < 1.29 is 9.53 Å². The molecule has 2 aromatic carbocycles. The van der Waals surface area contributed by atoms with Crippen LogP contribution in [0.25, 0.3) is 11.0 Å². The largest absolute Gasteiger partial charge is 0.497 e. The number of methoxy groups -OCH3 is 1. The highest BCUT2D eigenvalue weighted by atomic mass is 16.5. The van der Waals surface area contributed by atoms with E-state index in [1.807, 2.05) is 18.2 Å². The van der Waals surface area contributed by atoms with E-state index < -0.39 is 0 Å². The number of hydrogen-bond acceptors (Lipinski definition) is 3. The molecule has 5 nitrogen and oxygen atoms in total.